The smallest absolute Gasteiger partial charge is 0.0594 e. The van der Waals surface area contributed by atoms with E-state index in [9.17, 15) is 0 Å². The lowest BCUT2D eigenvalue weighted by Gasteiger charge is -2.35. The van der Waals surface area contributed by atoms with Crippen LogP contribution in [-0.4, -0.2) is 43.8 Å². The SMILES string of the molecule is C=CCC(C)C(CN1CCOCC1)NC(C)c1ccccc1. The predicted molar refractivity (Wildman–Crippen MR) is 93.0 cm³/mol. The van der Waals surface area contributed by atoms with Gasteiger partial charge < -0.3 is 10.1 Å². The molecule has 1 aliphatic heterocycles. The van der Waals surface area contributed by atoms with Gasteiger partial charge in [-0.05, 0) is 24.8 Å². The van der Waals surface area contributed by atoms with Gasteiger partial charge in [0, 0.05) is 31.7 Å². The summed E-state index contributed by atoms with van der Waals surface area (Å²) in [5, 5.41) is 3.83. The maximum Gasteiger partial charge on any atom is 0.0594 e. The maximum absolute atomic E-state index is 5.46. The van der Waals surface area contributed by atoms with E-state index in [4.69, 9.17) is 4.74 Å². The molecule has 0 aromatic heterocycles. The summed E-state index contributed by atoms with van der Waals surface area (Å²) >= 11 is 0. The molecule has 0 bridgehead atoms. The van der Waals surface area contributed by atoms with Crippen molar-refractivity contribution in [3.05, 3.63) is 48.6 Å². The standard InChI is InChI=1S/C19H30N2O/c1-4-8-16(2)19(15-21-11-13-22-14-12-21)20-17(3)18-9-6-5-7-10-18/h4-7,9-10,16-17,19-20H,1,8,11-15H2,2-3H3. The molecule has 1 N–H and O–H groups in total. The van der Waals surface area contributed by atoms with E-state index in [1.165, 1.54) is 5.56 Å². The Labute approximate surface area is 135 Å². The van der Waals surface area contributed by atoms with Crippen molar-refractivity contribution in [2.75, 3.05) is 32.8 Å². The highest BCUT2D eigenvalue weighted by Crippen LogP contribution is 2.18. The minimum atomic E-state index is 0.361. The molecule has 0 saturated carbocycles. The molecule has 3 unspecified atom stereocenters. The molecular formula is C19H30N2O. The lowest BCUT2D eigenvalue weighted by Crippen LogP contribution is -2.48. The van der Waals surface area contributed by atoms with Crippen LogP contribution in [0.4, 0.5) is 0 Å². The topological polar surface area (TPSA) is 24.5 Å². The number of hydrogen-bond acceptors (Lipinski definition) is 3. The number of nitrogens with one attached hydrogen (secondary N) is 1. The minimum Gasteiger partial charge on any atom is -0.379 e. The highest BCUT2D eigenvalue weighted by Gasteiger charge is 2.23. The van der Waals surface area contributed by atoms with E-state index in [1.54, 1.807) is 0 Å². The van der Waals surface area contributed by atoms with Crippen LogP contribution in [0.15, 0.2) is 43.0 Å². The average Bonchev–Trinajstić information content (AvgIpc) is 2.56. The van der Waals surface area contributed by atoms with Crippen LogP contribution in [0.5, 0.6) is 0 Å². The largest absolute Gasteiger partial charge is 0.379 e. The average molecular weight is 302 g/mol. The Kier molecular flexibility index (Phi) is 7.10. The molecule has 0 amide bonds. The molecule has 1 aromatic carbocycles. The summed E-state index contributed by atoms with van der Waals surface area (Å²) < 4.78 is 5.46. The number of hydrogen-bond donors (Lipinski definition) is 1. The zero-order valence-electron chi connectivity index (χ0n) is 14.0. The Morgan fingerprint density at radius 2 is 1.91 bits per heavy atom. The Morgan fingerprint density at radius 1 is 1.23 bits per heavy atom. The van der Waals surface area contributed by atoms with Crippen molar-refractivity contribution in [1.29, 1.82) is 0 Å². The molecule has 0 spiro atoms. The number of allylic oxidation sites excluding steroid dienone is 1. The summed E-state index contributed by atoms with van der Waals surface area (Å²) in [6.07, 6.45) is 3.08. The minimum absolute atomic E-state index is 0.361. The molecule has 122 valence electrons. The first kappa shape index (κ1) is 17.2. The van der Waals surface area contributed by atoms with Crippen LogP contribution < -0.4 is 5.32 Å². The van der Waals surface area contributed by atoms with Gasteiger partial charge in [0.2, 0.25) is 0 Å². The number of morpholine rings is 1. The molecule has 1 aromatic rings. The molecule has 3 heteroatoms. The second kappa shape index (κ2) is 9.09. The second-order valence-corrected chi connectivity index (χ2v) is 6.32. The molecular weight excluding hydrogens is 272 g/mol. The van der Waals surface area contributed by atoms with Crippen molar-refractivity contribution in [2.24, 2.45) is 5.92 Å². The third-order valence-electron chi connectivity index (χ3n) is 4.55. The van der Waals surface area contributed by atoms with Gasteiger partial charge >= 0.3 is 0 Å². The summed E-state index contributed by atoms with van der Waals surface area (Å²) in [5.74, 6) is 0.575. The first-order valence-electron chi connectivity index (χ1n) is 8.42. The van der Waals surface area contributed by atoms with Crippen LogP contribution in [0.1, 0.15) is 31.9 Å². The van der Waals surface area contributed by atoms with E-state index in [-0.39, 0.29) is 0 Å². The van der Waals surface area contributed by atoms with Crippen molar-refractivity contribution < 1.29 is 4.74 Å². The van der Waals surface area contributed by atoms with E-state index in [2.05, 4.69) is 61.0 Å². The molecule has 3 atom stereocenters. The van der Waals surface area contributed by atoms with E-state index in [0.717, 1.165) is 39.3 Å². The van der Waals surface area contributed by atoms with E-state index in [0.29, 0.717) is 18.0 Å². The normalized spacial score (nSPS) is 20.3. The Bertz CT molecular complexity index is 428. The van der Waals surface area contributed by atoms with Crippen LogP contribution in [0.3, 0.4) is 0 Å². The van der Waals surface area contributed by atoms with Gasteiger partial charge in [0.25, 0.3) is 0 Å². The summed E-state index contributed by atoms with van der Waals surface area (Å²) in [4.78, 5) is 2.51. The van der Waals surface area contributed by atoms with E-state index in [1.807, 2.05) is 6.08 Å². The molecule has 0 aliphatic carbocycles. The molecule has 1 heterocycles. The molecule has 1 saturated heterocycles. The van der Waals surface area contributed by atoms with Gasteiger partial charge in [0.1, 0.15) is 0 Å². The monoisotopic (exact) mass is 302 g/mol. The van der Waals surface area contributed by atoms with Crippen LogP contribution in [-0.2, 0) is 4.74 Å². The van der Waals surface area contributed by atoms with Gasteiger partial charge in [0.05, 0.1) is 13.2 Å². The number of rotatable bonds is 8. The fraction of sp³-hybridized carbons (Fsp3) is 0.579. The molecule has 0 radical (unpaired) electrons. The third-order valence-corrected chi connectivity index (χ3v) is 4.55. The van der Waals surface area contributed by atoms with E-state index >= 15 is 0 Å². The van der Waals surface area contributed by atoms with Gasteiger partial charge in [0.15, 0.2) is 0 Å². The molecule has 22 heavy (non-hydrogen) atoms. The number of ether oxygens (including phenoxy) is 1. The van der Waals surface area contributed by atoms with Crippen molar-refractivity contribution in [3.63, 3.8) is 0 Å². The molecule has 1 fully saturated rings. The lowest BCUT2D eigenvalue weighted by atomic mass is 9.95. The Morgan fingerprint density at radius 3 is 2.55 bits per heavy atom. The first-order chi connectivity index (χ1) is 10.7. The first-order valence-corrected chi connectivity index (χ1v) is 8.42. The highest BCUT2D eigenvalue weighted by atomic mass is 16.5. The van der Waals surface area contributed by atoms with Crippen molar-refractivity contribution >= 4 is 0 Å². The van der Waals surface area contributed by atoms with Crippen LogP contribution in [0, 0.1) is 5.92 Å². The summed E-state index contributed by atoms with van der Waals surface area (Å²) in [5.41, 5.74) is 1.35. The van der Waals surface area contributed by atoms with Gasteiger partial charge in [-0.15, -0.1) is 6.58 Å². The van der Waals surface area contributed by atoms with Gasteiger partial charge in [-0.25, -0.2) is 0 Å². The maximum atomic E-state index is 5.46. The zero-order valence-corrected chi connectivity index (χ0v) is 14.0. The third kappa shape index (κ3) is 5.24. The summed E-state index contributed by atoms with van der Waals surface area (Å²) in [7, 11) is 0. The predicted octanol–water partition coefficient (Wildman–Crippen LogP) is 3.25. The van der Waals surface area contributed by atoms with Crippen LogP contribution in [0.2, 0.25) is 0 Å². The zero-order chi connectivity index (χ0) is 15.8. The van der Waals surface area contributed by atoms with Crippen LogP contribution in [0.25, 0.3) is 0 Å². The summed E-state index contributed by atoms with van der Waals surface area (Å²) in [6.45, 7) is 13.4. The van der Waals surface area contributed by atoms with Crippen LogP contribution >= 0.6 is 0 Å². The fourth-order valence-electron chi connectivity index (χ4n) is 3.05. The number of nitrogens with zero attached hydrogens (tertiary/aromatic N) is 1. The van der Waals surface area contributed by atoms with Crippen molar-refractivity contribution in [2.45, 2.75) is 32.4 Å². The highest BCUT2D eigenvalue weighted by molar-refractivity contribution is 5.18. The molecule has 3 nitrogen and oxygen atoms in total. The van der Waals surface area contributed by atoms with E-state index < -0.39 is 0 Å². The van der Waals surface area contributed by atoms with Crippen molar-refractivity contribution in [1.82, 2.24) is 10.2 Å². The van der Waals surface area contributed by atoms with Gasteiger partial charge in [-0.1, -0.05) is 43.3 Å². The Hall–Kier alpha value is -1.16. The molecule has 2 rings (SSSR count). The number of benzene rings is 1. The summed E-state index contributed by atoms with van der Waals surface area (Å²) in [6, 6.07) is 11.5. The quantitative estimate of drug-likeness (QED) is 0.746. The lowest BCUT2D eigenvalue weighted by molar-refractivity contribution is 0.0298. The Balaban J connectivity index is 1.98. The fourth-order valence-corrected chi connectivity index (χ4v) is 3.05. The second-order valence-electron chi connectivity index (χ2n) is 6.32. The molecule has 1 aliphatic rings. The van der Waals surface area contributed by atoms with Gasteiger partial charge in [-0.3, -0.25) is 4.90 Å². The van der Waals surface area contributed by atoms with Crippen molar-refractivity contribution in [3.8, 4) is 0 Å². The van der Waals surface area contributed by atoms with Gasteiger partial charge in [-0.2, -0.15) is 0 Å².